The van der Waals surface area contributed by atoms with Gasteiger partial charge in [0.15, 0.2) is 0 Å². The highest BCUT2D eigenvalue weighted by molar-refractivity contribution is 9.10. The van der Waals surface area contributed by atoms with Crippen LogP contribution in [-0.2, 0) is 16.2 Å². The topological polar surface area (TPSA) is 89.0 Å². The van der Waals surface area contributed by atoms with Crippen LogP contribution in [0, 0.1) is 0 Å². The summed E-state index contributed by atoms with van der Waals surface area (Å²) >= 11 is 3.41. The Morgan fingerprint density at radius 2 is 1.71 bits per heavy atom. The average Bonchev–Trinajstić information content (AvgIpc) is 2.79. The van der Waals surface area contributed by atoms with Gasteiger partial charge in [-0.15, -0.1) is 0 Å². The quantitative estimate of drug-likeness (QED) is 0.301. The van der Waals surface area contributed by atoms with E-state index in [1.807, 2.05) is 36.4 Å². The lowest BCUT2D eigenvalue weighted by Crippen LogP contribution is -2.32. The Kier molecular flexibility index (Phi) is 7.78. The van der Waals surface area contributed by atoms with E-state index < -0.39 is 11.8 Å². The normalized spacial score (nSPS) is 10.5. The molecule has 0 heterocycles. The number of anilines is 1. The molecule has 0 atom stereocenters. The van der Waals surface area contributed by atoms with Crippen molar-refractivity contribution in [2.75, 3.05) is 12.4 Å². The molecule has 0 unspecified atom stereocenters. The summed E-state index contributed by atoms with van der Waals surface area (Å²) in [6.07, 6.45) is 1.42. The summed E-state index contributed by atoms with van der Waals surface area (Å²) in [5.74, 6) is -0.745. The highest BCUT2D eigenvalue weighted by atomic mass is 79.9. The van der Waals surface area contributed by atoms with Crippen LogP contribution in [0.2, 0.25) is 0 Å². The van der Waals surface area contributed by atoms with Crippen molar-refractivity contribution in [1.82, 2.24) is 5.43 Å². The maximum absolute atomic E-state index is 12.1. The summed E-state index contributed by atoms with van der Waals surface area (Å²) in [6, 6.07) is 22.0. The molecule has 3 aromatic rings. The number of halogens is 1. The monoisotopic (exact) mass is 481 g/mol. The molecular weight excluding hydrogens is 462 g/mol. The highest BCUT2D eigenvalue weighted by Crippen LogP contribution is 2.23. The zero-order chi connectivity index (χ0) is 22.1. The van der Waals surface area contributed by atoms with Gasteiger partial charge in [0.25, 0.3) is 0 Å². The van der Waals surface area contributed by atoms with E-state index in [-0.39, 0.29) is 0 Å². The molecule has 0 aromatic heterocycles. The Bertz CT molecular complexity index is 1090. The number of carbonyl (C=O) groups excluding carboxylic acids is 2. The molecule has 0 aliphatic rings. The molecule has 31 heavy (non-hydrogen) atoms. The van der Waals surface area contributed by atoms with Crippen LogP contribution in [0.25, 0.3) is 0 Å². The third-order valence-electron chi connectivity index (χ3n) is 4.14. The first-order valence-corrected chi connectivity index (χ1v) is 10.1. The standard InChI is InChI=1S/C23H20BrN3O4/c1-30-21-10-6-5-9-19(21)26-22(28)23(29)27-25-14-17-13-18(24)11-12-20(17)31-15-16-7-3-2-4-8-16/h2-14H,15H2,1H3,(H,26,28)(H,27,29)/b25-14+. The van der Waals surface area contributed by atoms with E-state index in [0.29, 0.717) is 29.4 Å². The molecule has 3 rings (SSSR count). The van der Waals surface area contributed by atoms with Crippen molar-refractivity contribution < 1.29 is 19.1 Å². The number of carbonyl (C=O) groups is 2. The fraction of sp³-hybridized carbons (Fsp3) is 0.0870. The first-order valence-electron chi connectivity index (χ1n) is 9.30. The number of hydrazone groups is 1. The molecule has 0 aliphatic carbocycles. The number of hydrogen-bond donors (Lipinski definition) is 2. The van der Waals surface area contributed by atoms with Gasteiger partial charge in [0.2, 0.25) is 0 Å². The molecule has 158 valence electrons. The number of nitrogens with one attached hydrogen (secondary N) is 2. The SMILES string of the molecule is COc1ccccc1NC(=O)C(=O)N/N=C/c1cc(Br)ccc1OCc1ccccc1. The average molecular weight is 482 g/mol. The minimum atomic E-state index is -0.913. The van der Waals surface area contributed by atoms with Crippen LogP contribution in [-0.4, -0.2) is 25.1 Å². The van der Waals surface area contributed by atoms with Crippen LogP contribution in [0.15, 0.2) is 82.4 Å². The Labute approximate surface area is 188 Å². The van der Waals surface area contributed by atoms with Crippen LogP contribution >= 0.6 is 15.9 Å². The summed E-state index contributed by atoms with van der Waals surface area (Å²) in [7, 11) is 1.48. The fourth-order valence-corrected chi connectivity index (χ4v) is 3.00. The Hall–Kier alpha value is -3.65. The van der Waals surface area contributed by atoms with Crippen molar-refractivity contribution in [2.24, 2.45) is 5.10 Å². The van der Waals surface area contributed by atoms with Crippen molar-refractivity contribution in [1.29, 1.82) is 0 Å². The van der Waals surface area contributed by atoms with Gasteiger partial charge in [-0.05, 0) is 35.9 Å². The van der Waals surface area contributed by atoms with Crippen LogP contribution in [0.3, 0.4) is 0 Å². The Balaban J connectivity index is 1.62. The van der Waals surface area contributed by atoms with E-state index in [1.165, 1.54) is 13.3 Å². The summed E-state index contributed by atoms with van der Waals surface area (Å²) < 4.78 is 11.8. The van der Waals surface area contributed by atoms with Gasteiger partial charge in [0.05, 0.1) is 19.0 Å². The fourth-order valence-electron chi connectivity index (χ4n) is 2.63. The molecule has 7 nitrogen and oxygen atoms in total. The minimum Gasteiger partial charge on any atom is -0.495 e. The molecule has 0 radical (unpaired) electrons. The van der Waals surface area contributed by atoms with Crippen molar-refractivity contribution in [3.63, 3.8) is 0 Å². The van der Waals surface area contributed by atoms with Crippen LogP contribution in [0.4, 0.5) is 5.69 Å². The second-order valence-corrected chi connectivity index (χ2v) is 7.23. The molecule has 2 N–H and O–H groups in total. The molecule has 0 bridgehead atoms. The first kappa shape index (κ1) is 22.0. The van der Waals surface area contributed by atoms with Crippen molar-refractivity contribution in [3.05, 3.63) is 88.4 Å². The maximum atomic E-state index is 12.1. The molecule has 3 aromatic carbocycles. The lowest BCUT2D eigenvalue weighted by molar-refractivity contribution is -0.136. The number of methoxy groups -OCH3 is 1. The van der Waals surface area contributed by atoms with Gasteiger partial charge in [0, 0.05) is 10.0 Å². The molecule has 0 saturated heterocycles. The second kappa shape index (κ2) is 10.9. The predicted octanol–water partition coefficient (Wildman–Crippen LogP) is 4.13. The summed E-state index contributed by atoms with van der Waals surface area (Å²) in [4.78, 5) is 24.2. The largest absolute Gasteiger partial charge is 0.495 e. The molecule has 0 spiro atoms. The van der Waals surface area contributed by atoms with Crippen LogP contribution in [0.5, 0.6) is 11.5 Å². The zero-order valence-electron chi connectivity index (χ0n) is 16.7. The van der Waals surface area contributed by atoms with Gasteiger partial charge in [-0.1, -0.05) is 58.4 Å². The van der Waals surface area contributed by atoms with Crippen molar-refractivity contribution in [2.45, 2.75) is 6.61 Å². The van der Waals surface area contributed by atoms with Gasteiger partial charge in [0.1, 0.15) is 18.1 Å². The summed E-state index contributed by atoms with van der Waals surface area (Å²) in [6.45, 7) is 0.386. The number of benzene rings is 3. The second-order valence-electron chi connectivity index (χ2n) is 6.31. The smallest absolute Gasteiger partial charge is 0.329 e. The number of ether oxygens (including phenoxy) is 2. The van der Waals surface area contributed by atoms with E-state index in [0.717, 1.165) is 10.0 Å². The molecular formula is C23H20BrN3O4. The minimum absolute atomic E-state index is 0.386. The number of hydrogen-bond acceptors (Lipinski definition) is 5. The third kappa shape index (κ3) is 6.42. The van der Waals surface area contributed by atoms with Gasteiger partial charge >= 0.3 is 11.8 Å². The van der Waals surface area contributed by atoms with E-state index in [1.54, 1.807) is 36.4 Å². The molecule has 0 fully saturated rings. The van der Waals surface area contributed by atoms with Crippen molar-refractivity contribution >= 4 is 39.6 Å². The predicted molar refractivity (Wildman–Crippen MR) is 122 cm³/mol. The highest BCUT2D eigenvalue weighted by Gasteiger charge is 2.15. The first-order chi connectivity index (χ1) is 15.1. The number of para-hydroxylation sites is 2. The van der Waals surface area contributed by atoms with E-state index in [2.05, 4.69) is 31.8 Å². The lowest BCUT2D eigenvalue weighted by Gasteiger charge is -2.10. The van der Waals surface area contributed by atoms with Gasteiger partial charge < -0.3 is 14.8 Å². The van der Waals surface area contributed by atoms with Gasteiger partial charge in [-0.3, -0.25) is 9.59 Å². The molecule has 2 amide bonds. The maximum Gasteiger partial charge on any atom is 0.329 e. The Morgan fingerprint density at radius 1 is 0.968 bits per heavy atom. The number of nitrogens with zero attached hydrogens (tertiary/aromatic N) is 1. The van der Waals surface area contributed by atoms with E-state index in [4.69, 9.17) is 9.47 Å². The van der Waals surface area contributed by atoms with Crippen LogP contribution in [0.1, 0.15) is 11.1 Å². The Morgan fingerprint density at radius 3 is 2.48 bits per heavy atom. The summed E-state index contributed by atoms with van der Waals surface area (Å²) in [5.41, 5.74) is 4.26. The van der Waals surface area contributed by atoms with E-state index >= 15 is 0 Å². The van der Waals surface area contributed by atoms with Crippen LogP contribution < -0.4 is 20.2 Å². The van der Waals surface area contributed by atoms with Gasteiger partial charge in [-0.25, -0.2) is 5.43 Å². The third-order valence-corrected chi connectivity index (χ3v) is 4.63. The van der Waals surface area contributed by atoms with Crippen molar-refractivity contribution in [3.8, 4) is 11.5 Å². The summed E-state index contributed by atoms with van der Waals surface area (Å²) in [5, 5.41) is 6.37. The van der Waals surface area contributed by atoms with Gasteiger partial charge in [-0.2, -0.15) is 5.10 Å². The lowest BCUT2D eigenvalue weighted by atomic mass is 10.2. The molecule has 0 saturated carbocycles. The number of rotatable bonds is 7. The molecule has 0 aliphatic heterocycles. The molecule has 8 heteroatoms. The van der Waals surface area contributed by atoms with E-state index in [9.17, 15) is 9.59 Å². The zero-order valence-corrected chi connectivity index (χ0v) is 18.3. The number of amides is 2.